The van der Waals surface area contributed by atoms with Crippen LogP contribution in [0.25, 0.3) is 0 Å². The van der Waals surface area contributed by atoms with Gasteiger partial charge in [0.05, 0.1) is 13.2 Å². The number of morpholine rings is 1. The van der Waals surface area contributed by atoms with E-state index in [1.54, 1.807) is 11.0 Å². The molecule has 0 radical (unpaired) electrons. The number of hydrogen-bond donors (Lipinski definition) is 0. The van der Waals surface area contributed by atoms with Crippen LogP contribution in [0.1, 0.15) is 35.9 Å². The first-order valence-electron chi connectivity index (χ1n) is 7.55. The standard InChI is InChI=1S/C15H24N4O2/c1-4-5-6-18(3)15-16-12(2)11-13(17-15)14(20)19-7-9-21-10-8-19/h11H,4-10H2,1-3H3. The summed E-state index contributed by atoms with van der Waals surface area (Å²) in [6.07, 6.45) is 2.20. The Morgan fingerprint density at radius 1 is 1.38 bits per heavy atom. The molecule has 0 aliphatic carbocycles. The number of aromatic nitrogens is 2. The molecule has 1 amide bonds. The lowest BCUT2D eigenvalue weighted by molar-refractivity contribution is 0.0299. The summed E-state index contributed by atoms with van der Waals surface area (Å²) < 4.78 is 5.28. The van der Waals surface area contributed by atoms with E-state index in [9.17, 15) is 4.79 Å². The summed E-state index contributed by atoms with van der Waals surface area (Å²) >= 11 is 0. The van der Waals surface area contributed by atoms with Crippen molar-refractivity contribution in [3.05, 3.63) is 17.5 Å². The summed E-state index contributed by atoms with van der Waals surface area (Å²) in [6, 6.07) is 1.76. The molecule has 0 bridgehead atoms. The maximum Gasteiger partial charge on any atom is 0.272 e. The molecular formula is C15H24N4O2. The van der Waals surface area contributed by atoms with Crippen molar-refractivity contribution in [3.63, 3.8) is 0 Å². The highest BCUT2D eigenvalue weighted by Gasteiger charge is 2.21. The van der Waals surface area contributed by atoms with Crippen LogP contribution >= 0.6 is 0 Å². The van der Waals surface area contributed by atoms with Crippen molar-refractivity contribution < 1.29 is 9.53 Å². The molecule has 0 atom stereocenters. The molecule has 0 N–H and O–H groups in total. The number of hydrogen-bond acceptors (Lipinski definition) is 5. The van der Waals surface area contributed by atoms with E-state index in [-0.39, 0.29) is 5.91 Å². The molecule has 2 heterocycles. The highest BCUT2D eigenvalue weighted by molar-refractivity contribution is 5.92. The van der Waals surface area contributed by atoms with E-state index in [2.05, 4.69) is 16.9 Å². The van der Waals surface area contributed by atoms with Crippen LogP contribution in [0.5, 0.6) is 0 Å². The smallest absolute Gasteiger partial charge is 0.272 e. The third kappa shape index (κ3) is 4.14. The number of ether oxygens (including phenoxy) is 1. The van der Waals surface area contributed by atoms with Gasteiger partial charge in [-0.2, -0.15) is 0 Å². The number of anilines is 1. The minimum absolute atomic E-state index is 0.0334. The molecule has 1 aliphatic rings. The monoisotopic (exact) mass is 292 g/mol. The van der Waals surface area contributed by atoms with Gasteiger partial charge >= 0.3 is 0 Å². The third-order valence-corrected chi connectivity index (χ3v) is 3.55. The average molecular weight is 292 g/mol. The van der Waals surface area contributed by atoms with Crippen LogP contribution in [0.3, 0.4) is 0 Å². The molecule has 1 aliphatic heterocycles. The fourth-order valence-electron chi connectivity index (χ4n) is 2.26. The Morgan fingerprint density at radius 3 is 2.76 bits per heavy atom. The second-order valence-corrected chi connectivity index (χ2v) is 5.37. The molecule has 0 unspecified atom stereocenters. The maximum absolute atomic E-state index is 12.5. The molecule has 0 saturated carbocycles. The Hall–Kier alpha value is -1.69. The van der Waals surface area contributed by atoms with Crippen molar-refractivity contribution in [2.75, 3.05) is 44.8 Å². The van der Waals surface area contributed by atoms with E-state index >= 15 is 0 Å². The summed E-state index contributed by atoms with van der Waals surface area (Å²) in [4.78, 5) is 25.2. The van der Waals surface area contributed by atoms with E-state index in [4.69, 9.17) is 4.74 Å². The van der Waals surface area contributed by atoms with E-state index in [0.29, 0.717) is 37.9 Å². The fraction of sp³-hybridized carbons (Fsp3) is 0.667. The Balaban J connectivity index is 2.15. The van der Waals surface area contributed by atoms with Crippen LogP contribution in [-0.2, 0) is 4.74 Å². The van der Waals surface area contributed by atoms with Crippen molar-refractivity contribution in [3.8, 4) is 0 Å². The van der Waals surface area contributed by atoms with Crippen LogP contribution in [0.15, 0.2) is 6.07 Å². The number of amides is 1. The van der Waals surface area contributed by atoms with Crippen molar-refractivity contribution in [1.82, 2.24) is 14.9 Å². The lowest BCUT2D eigenvalue weighted by Gasteiger charge is -2.27. The predicted octanol–water partition coefficient (Wildman–Crippen LogP) is 1.49. The zero-order valence-corrected chi connectivity index (χ0v) is 13.1. The van der Waals surface area contributed by atoms with E-state index < -0.39 is 0 Å². The zero-order chi connectivity index (χ0) is 15.2. The number of rotatable bonds is 5. The molecule has 0 aromatic carbocycles. The molecule has 0 spiro atoms. The Kier molecular flexibility index (Phi) is 5.50. The normalized spacial score (nSPS) is 15.1. The van der Waals surface area contributed by atoms with Crippen LogP contribution in [-0.4, -0.2) is 60.7 Å². The second-order valence-electron chi connectivity index (χ2n) is 5.37. The number of aryl methyl sites for hydroxylation is 1. The largest absolute Gasteiger partial charge is 0.378 e. The second kappa shape index (κ2) is 7.36. The minimum atomic E-state index is -0.0334. The summed E-state index contributed by atoms with van der Waals surface area (Å²) in [7, 11) is 1.97. The quantitative estimate of drug-likeness (QED) is 0.823. The molecular weight excluding hydrogens is 268 g/mol. The van der Waals surface area contributed by atoms with Gasteiger partial charge in [0.2, 0.25) is 5.95 Å². The Morgan fingerprint density at radius 2 is 2.10 bits per heavy atom. The third-order valence-electron chi connectivity index (χ3n) is 3.55. The number of unbranched alkanes of at least 4 members (excludes halogenated alkanes) is 1. The Bertz CT molecular complexity index is 487. The SMILES string of the molecule is CCCCN(C)c1nc(C)cc(C(=O)N2CCOCC2)n1. The van der Waals surface area contributed by atoms with Crippen LogP contribution in [0.2, 0.25) is 0 Å². The van der Waals surface area contributed by atoms with Crippen molar-refractivity contribution in [2.45, 2.75) is 26.7 Å². The van der Waals surface area contributed by atoms with Gasteiger partial charge in [-0.25, -0.2) is 9.97 Å². The highest BCUT2D eigenvalue weighted by atomic mass is 16.5. The van der Waals surface area contributed by atoms with Crippen molar-refractivity contribution in [1.29, 1.82) is 0 Å². The number of nitrogens with zero attached hydrogens (tertiary/aromatic N) is 4. The van der Waals surface area contributed by atoms with Gasteiger partial charge in [0.15, 0.2) is 0 Å². The van der Waals surface area contributed by atoms with Gasteiger partial charge in [-0.1, -0.05) is 13.3 Å². The maximum atomic E-state index is 12.5. The highest BCUT2D eigenvalue weighted by Crippen LogP contribution is 2.12. The molecule has 6 nitrogen and oxygen atoms in total. The van der Waals surface area contributed by atoms with Gasteiger partial charge in [0, 0.05) is 32.4 Å². The number of carbonyl (C=O) groups is 1. The van der Waals surface area contributed by atoms with Crippen molar-refractivity contribution in [2.24, 2.45) is 0 Å². The summed E-state index contributed by atoms with van der Waals surface area (Å²) in [5.41, 5.74) is 1.29. The molecule has 116 valence electrons. The molecule has 2 rings (SSSR count). The Labute approximate surface area is 126 Å². The van der Waals surface area contributed by atoms with Gasteiger partial charge in [0.25, 0.3) is 5.91 Å². The van der Waals surface area contributed by atoms with Gasteiger partial charge < -0.3 is 14.5 Å². The van der Waals surface area contributed by atoms with Gasteiger partial charge in [-0.15, -0.1) is 0 Å². The van der Waals surface area contributed by atoms with Gasteiger partial charge in [0.1, 0.15) is 5.69 Å². The molecule has 21 heavy (non-hydrogen) atoms. The molecule has 1 aromatic heterocycles. The first kappa shape index (κ1) is 15.7. The van der Waals surface area contributed by atoms with Crippen LogP contribution in [0, 0.1) is 6.92 Å². The molecule has 1 aromatic rings. The summed E-state index contributed by atoms with van der Waals surface area (Å²) in [6.45, 7) is 7.39. The van der Waals surface area contributed by atoms with Crippen molar-refractivity contribution >= 4 is 11.9 Å². The number of carbonyl (C=O) groups excluding carboxylic acids is 1. The van der Waals surface area contributed by atoms with Crippen LogP contribution < -0.4 is 4.90 Å². The molecule has 1 fully saturated rings. The van der Waals surface area contributed by atoms with Crippen LogP contribution in [0.4, 0.5) is 5.95 Å². The lowest BCUT2D eigenvalue weighted by atomic mass is 10.3. The fourth-order valence-corrected chi connectivity index (χ4v) is 2.26. The summed E-state index contributed by atoms with van der Waals surface area (Å²) in [5, 5.41) is 0. The van der Waals surface area contributed by atoms with E-state index in [1.807, 2.05) is 18.9 Å². The zero-order valence-electron chi connectivity index (χ0n) is 13.1. The lowest BCUT2D eigenvalue weighted by Crippen LogP contribution is -2.41. The average Bonchev–Trinajstić information content (AvgIpc) is 2.52. The van der Waals surface area contributed by atoms with Gasteiger partial charge in [-0.05, 0) is 19.4 Å². The predicted molar refractivity (Wildman–Crippen MR) is 81.7 cm³/mol. The topological polar surface area (TPSA) is 58.6 Å². The molecule has 1 saturated heterocycles. The first-order chi connectivity index (χ1) is 10.1. The summed E-state index contributed by atoms with van der Waals surface area (Å²) in [5.74, 6) is 0.592. The first-order valence-corrected chi connectivity index (χ1v) is 7.55. The molecule has 6 heteroatoms. The van der Waals surface area contributed by atoms with Gasteiger partial charge in [-0.3, -0.25) is 4.79 Å². The van der Waals surface area contributed by atoms with E-state index in [0.717, 1.165) is 25.1 Å². The van der Waals surface area contributed by atoms with E-state index in [1.165, 1.54) is 0 Å². The minimum Gasteiger partial charge on any atom is -0.378 e.